The second kappa shape index (κ2) is 13.3. The van der Waals surface area contributed by atoms with Crippen molar-refractivity contribution in [3.63, 3.8) is 0 Å². The van der Waals surface area contributed by atoms with E-state index in [1.165, 1.54) is 17.1 Å². The van der Waals surface area contributed by atoms with Crippen molar-refractivity contribution >= 4 is 23.2 Å². The molecule has 1 unspecified atom stereocenters. The fraction of sp³-hybridized carbons (Fsp3) is 0.188. The molecule has 0 aliphatic heterocycles. The Labute approximate surface area is 238 Å². The summed E-state index contributed by atoms with van der Waals surface area (Å²) in [6.45, 7) is 4.11. The number of hydrazine groups is 1. The third kappa shape index (κ3) is 7.48. The van der Waals surface area contributed by atoms with Gasteiger partial charge in [0.05, 0.1) is 17.7 Å². The molecule has 0 spiro atoms. The number of hydrogen-bond acceptors (Lipinski definition) is 6. The quantitative estimate of drug-likeness (QED) is 0.180. The number of nitrogens with zero attached hydrogens (tertiary/aromatic N) is 2. The molecule has 41 heavy (non-hydrogen) atoms. The average molecular weight is 553 g/mol. The number of hydrogen-bond donors (Lipinski definition) is 2. The predicted octanol–water partition coefficient (Wildman–Crippen LogP) is 5.80. The molecule has 1 atom stereocenters. The molecule has 9 nitrogen and oxygen atoms in total. The number of nitro groups is 1. The smallest absolute Gasteiger partial charge is 0.270 e. The summed E-state index contributed by atoms with van der Waals surface area (Å²) in [4.78, 5) is 37.7. The van der Waals surface area contributed by atoms with Crippen LogP contribution >= 0.6 is 0 Å². The van der Waals surface area contributed by atoms with E-state index in [9.17, 15) is 19.7 Å². The number of amides is 2. The molecule has 0 heterocycles. The number of ether oxygens (including phenoxy) is 1. The molecular formula is C32H32N4O5. The van der Waals surface area contributed by atoms with Crippen LogP contribution in [-0.2, 0) is 11.2 Å². The highest BCUT2D eigenvalue weighted by molar-refractivity contribution is 5.98. The molecule has 9 heteroatoms. The van der Waals surface area contributed by atoms with Crippen molar-refractivity contribution in [2.24, 2.45) is 0 Å². The van der Waals surface area contributed by atoms with Gasteiger partial charge in [-0.3, -0.25) is 30.1 Å². The highest BCUT2D eigenvalue weighted by Crippen LogP contribution is 2.25. The standard InChI is InChI=1S/C32H32N4O5/c1-4-35(34-27-15-17-29(41-3)18-16-27)32(38)30(33-31(37)26-9-5-7-22(2)19-26)20-23-11-13-24(14-12-23)25-8-6-10-28(21-25)36(39)40/h5-19,21,30,34H,4,20H2,1-3H3,(H,33,37). The maximum Gasteiger partial charge on any atom is 0.270 e. The number of nitro benzene ring substituents is 1. The first-order valence-corrected chi connectivity index (χ1v) is 13.2. The molecular weight excluding hydrogens is 520 g/mol. The van der Waals surface area contributed by atoms with Crippen LogP contribution in [0.1, 0.15) is 28.4 Å². The Hall–Kier alpha value is -5.18. The summed E-state index contributed by atoms with van der Waals surface area (Å²) >= 11 is 0. The third-order valence-corrected chi connectivity index (χ3v) is 6.60. The second-order valence-electron chi connectivity index (χ2n) is 9.53. The third-order valence-electron chi connectivity index (χ3n) is 6.60. The van der Waals surface area contributed by atoms with Gasteiger partial charge in [0.2, 0.25) is 0 Å². The number of non-ortho nitro benzene ring substituents is 1. The van der Waals surface area contributed by atoms with Crippen LogP contribution in [-0.4, -0.2) is 41.4 Å². The monoisotopic (exact) mass is 552 g/mol. The zero-order valence-electron chi connectivity index (χ0n) is 23.2. The van der Waals surface area contributed by atoms with Crippen LogP contribution in [0.5, 0.6) is 5.75 Å². The Kier molecular flexibility index (Phi) is 9.32. The zero-order valence-corrected chi connectivity index (χ0v) is 23.2. The van der Waals surface area contributed by atoms with Gasteiger partial charge in [0, 0.05) is 30.7 Å². The number of carbonyl (C=O) groups is 2. The van der Waals surface area contributed by atoms with Crippen LogP contribution in [0, 0.1) is 17.0 Å². The van der Waals surface area contributed by atoms with Crippen LogP contribution in [0.15, 0.2) is 97.1 Å². The molecule has 0 aromatic heterocycles. The lowest BCUT2D eigenvalue weighted by molar-refractivity contribution is -0.384. The predicted molar refractivity (Wildman–Crippen MR) is 159 cm³/mol. The van der Waals surface area contributed by atoms with Gasteiger partial charge in [-0.25, -0.2) is 0 Å². The summed E-state index contributed by atoms with van der Waals surface area (Å²) in [5.74, 6) is 0.0506. The van der Waals surface area contributed by atoms with Crippen molar-refractivity contribution in [2.45, 2.75) is 26.3 Å². The van der Waals surface area contributed by atoms with E-state index in [1.807, 2.05) is 56.3 Å². The Balaban J connectivity index is 1.57. The summed E-state index contributed by atoms with van der Waals surface area (Å²) in [5, 5.41) is 15.6. The van der Waals surface area contributed by atoms with Crippen LogP contribution < -0.4 is 15.5 Å². The fourth-order valence-electron chi connectivity index (χ4n) is 4.40. The lowest BCUT2D eigenvalue weighted by Crippen LogP contribution is -2.51. The fourth-order valence-corrected chi connectivity index (χ4v) is 4.40. The molecule has 0 fully saturated rings. The maximum atomic E-state index is 13.8. The van der Waals surface area contributed by atoms with Gasteiger partial charge < -0.3 is 10.1 Å². The van der Waals surface area contributed by atoms with Crippen molar-refractivity contribution in [3.05, 3.63) is 124 Å². The second-order valence-corrected chi connectivity index (χ2v) is 9.53. The van der Waals surface area contributed by atoms with E-state index in [1.54, 1.807) is 49.6 Å². The molecule has 0 radical (unpaired) electrons. The summed E-state index contributed by atoms with van der Waals surface area (Å²) in [7, 11) is 1.59. The molecule has 2 N–H and O–H groups in total. The minimum atomic E-state index is -0.864. The van der Waals surface area contributed by atoms with Gasteiger partial charge in [-0.05, 0) is 66.9 Å². The summed E-state index contributed by atoms with van der Waals surface area (Å²) in [6.07, 6.45) is 0.242. The molecule has 210 valence electrons. The van der Waals surface area contributed by atoms with E-state index in [4.69, 9.17) is 4.74 Å². The molecule has 2 amide bonds. The lowest BCUT2D eigenvalue weighted by atomic mass is 9.99. The van der Waals surface area contributed by atoms with Crippen molar-refractivity contribution in [3.8, 4) is 16.9 Å². The maximum absolute atomic E-state index is 13.8. The van der Waals surface area contributed by atoms with Gasteiger partial charge in [0.25, 0.3) is 17.5 Å². The van der Waals surface area contributed by atoms with Crippen LogP contribution in [0.3, 0.4) is 0 Å². The summed E-state index contributed by atoms with van der Waals surface area (Å²) < 4.78 is 5.21. The molecule has 4 aromatic rings. The number of nitrogens with one attached hydrogen (secondary N) is 2. The number of carbonyl (C=O) groups excluding carboxylic acids is 2. The molecule has 0 saturated carbocycles. The van der Waals surface area contributed by atoms with Crippen molar-refractivity contribution in [2.75, 3.05) is 19.1 Å². The largest absolute Gasteiger partial charge is 0.497 e. The first-order chi connectivity index (χ1) is 19.8. The Bertz CT molecular complexity index is 1520. The highest BCUT2D eigenvalue weighted by Gasteiger charge is 2.26. The Morgan fingerprint density at radius 2 is 1.63 bits per heavy atom. The zero-order chi connectivity index (χ0) is 29.4. The molecule has 0 bridgehead atoms. The lowest BCUT2D eigenvalue weighted by Gasteiger charge is -2.28. The van der Waals surface area contributed by atoms with Gasteiger partial charge in [-0.1, -0.05) is 54.1 Å². The normalized spacial score (nSPS) is 11.3. The van der Waals surface area contributed by atoms with Gasteiger partial charge in [-0.15, -0.1) is 0 Å². The van der Waals surface area contributed by atoms with E-state index in [0.29, 0.717) is 29.1 Å². The molecule has 0 aliphatic rings. The summed E-state index contributed by atoms with van der Waals surface area (Å²) in [6, 6.07) is 27.4. The van der Waals surface area contributed by atoms with Crippen LogP contribution in [0.25, 0.3) is 11.1 Å². The minimum Gasteiger partial charge on any atom is -0.497 e. The molecule has 4 aromatic carbocycles. The first kappa shape index (κ1) is 28.8. The number of rotatable bonds is 11. The van der Waals surface area contributed by atoms with E-state index in [0.717, 1.165) is 16.7 Å². The number of methoxy groups -OCH3 is 1. The Morgan fingerprint density at radius 1 is 0.927 bits per heavy atom. The SMILES string of the molecule is CCN(Nc1ccc(OC)cc1)C(=O)C(Cc1ccc(-c2cccc([N+](=O)[O-])c2)cc1)NC(=O)c1cccc(C)c1. The van der Waals surface area contributed by atoms with Crippen molar-refractivity contribution < 1.29 is 19.2 Å². The topological polar surface area (TPSA) is 114 Å². The molecule has 0 saturated heterocycles. The van der Waals surface area contributed by atoms with Gasteiger partial charge in [0.15, 0.2) is 0 Å². The first-order valence-electron chi connectivity index (χ1n) is 13.2. The summed E-state index contributed by atoms with van der Waals surface area (Å²) in [5.41, 5.74) is 7.60. The number of likely N-dealkylation sites (N-methyl/N-ethyl adjacent to an activating group) is 1. The van der Waals surface area contributed by atoms with Crippen LogP contribution in [0.4, 0.5) is 11.4 Å². The number of aryl methyl sites for hydroxylation is 1. The minimum absolute atomic E-state index is 0.0140. The molecule has 4 rings (SSSR count). The van der Waals surface area contributed by atoms with E-state index in [-0.39, 0.29) is 23.9 Å². The van der Waals surface area contributed by atoms with E-state index < -0.39 is 11.0 Å². The van der Waals surface area contributed by atoms with E-state index in [2.05, 4.69) is 10.7 Å². The average Bonchev–Trinajstić information content (AvgIpc) is 3.00. The van der Waals surface area contributed by atoms with Gasteiger partial charge in [0.1, 0.15) is 11.8 Å². The van der Waals surface area contributed by atoms with E-state index >= 15 is 0 Å². The van der Waals surface area contributed by atoms with Gasteiger partial charge in [-0.2, -0.15) is 0 Å². The molecule has 0 aliphatic carbocycles. The highest BCUT2D eigenvalue weighted by atomic mass is 16.6. The number of anilines is 1. The Morgan fingerprint density at radius 3 is 2.27 bits per heavy atom. The van der Waals surface area contributed by atoms with Crippen LogP contribution in [0.2, 0.25) is 0 Å². The van der Waals surface area contributed by atoms with Gasteiger partial charge >= 0.3 is 0 Å². The number of benzene rings is 4. The van der Waals surface area contributed by atoms with Crippen molar-refractivity contribution in [1.29, 1.82) is 0 Å². The van der Waals surface area contributed by atoms with Crippen molar-refractivity contribution in [1.82, 2.24) is 10.3 Å².